The molecular weight excluding hydrogens is 180 g/mol. The number of rotatable bonds is 2. The van der Waals surface area contributed by atoms with Gasteiger partial charge in [-0.05, 0) is 0 Å². The summed E-state index contributed by atoms with van der Waals surface area (Å²) in [5, 5.41) is 27.1. The second-order valence-electron chi connectivity index (χ2n) is 2.75. The van der Waals surface area contributed by atoms with E-state index in [9.17, 15) is 15.0 Å². The lowest BCUT2D eigenvalue weighted by molar-refractivity contribution is -0.247. The van der Waals surface area contributed by atoms with Crippen molar-refractivity contribution in [3.63, 3.8) is 0 Å². The minimum Gasteiger partial charge on any atom is -0.394 e. The van der Waals surface area contributed by atoms with E-state index in [0.717, 1.165) is 0 Å². The topological polar surface area (TPSA) is 96.2 Å². The molecule has 0 bridgehead atoms. The summed E-state index contributed by atoms with van der Waals surface area (Å²) in [5.74, 6) is -0.794. The minimum absolute atomic E-state index is 0.501. The summed E-state index contributed by atoms with van der Waals surface area (Å²) in [6.45, 7) is -0.501. The lowest BCUT2D eigenvalue weighted by Crippen LogP contribution is -2.56. The first-order valence-electron chi connectivity index (χ1n) is 3.80. The number of carbonyl (C=O) groups is 1. The highest BCUT2D eigenvalue weighted by Crippen LogP contribution is 2.17. The zero-order valence-electron chi connectivity index (χ0n) is 7.08. The molecule has 1 aliphatic rings. The number of methoxy groups -OCH3 is 1. The molecule has 1 rings (SSSR count). The van der Waals surface area contributed by atoms with Crippen LogP contribution in [0, 0.1) is 0 Å². The third kappa shape index (κ3) is 1.87. The van der Waals surface area contributed by atoms with Crippen LogP contribution in [0.1, 0.15) is 0 Å². The Morgan fingerprint density at radius 1 is 1.46 bits per heavy atom. The monoisotopic (exact) mass is 192 g/mol. The largest absolute Gasteiger partial charge is 0.394 e. The van der Waals surface area contributed by atoms with Crippen molar-refractivity contribution < 1.29 is 29.6 Å². The van der Waals surface area contributed by atoms with Crippen LogP contribution in [0.15, 0.2) is 0 Å². The Labute approximate surface area is 74.7 Å². The zero-order valence-corrected chi connectivity index (χ0v) is 7.08. The Hall–Kier alpha value is -0.530. The predicted octanol–water partition coefficient (Wildman–Crippen LogP) is -2.36. The van der Waals surface area contributed by atoms with Crippen molar-refractivity contribution in [1.82, 2.24) is 0 Å². The standard InChI is InChI=1S/C7H12O6/c1-12-7-6(11)5(10)4(9)3(2-8)13-7/h3-4,6-9,11H,2H2,1H3/t3-,4-,6+,7+/m1/s1. The first-order chi connectivity index (χ1) is 6.11. The van der Waals surface area contributed by atoms with E-state index < -0.39 is 37.0 Å². The highest BCUT2D eigenvalue weighted by Gasteiger charge is 2.43. The van der Waals surface area contributed by atoms with Gasteiger partial charge in [-0.1, -0.05) is 0 Å². The quantitative estimate of drug-likeness (QED) is 0.453. The van der Waals surface area contributed by atoms with Gasteiger partial charge < -0.3 is 24.8 Å². The molecule has 0 amide bonds. The van der Waals surface area contributed by atoms with Crippen LogP contribution in [0.5, 0.6) is 0 Å². The van der Waals surface area contributed by atoms with Gasteiger partial charge in [-0.2, -0.15) is 0 Å². The summed E-state index contributed by atoms with van der Waals surface area (Å²) in [7, 11) is 1.26. The van der Waals surface area contributed by atoms with Gasteiger partial charge in [-0.3, -0.25) is 4.79 Å². The smallest absolute Gasteiger partial charge is 0.197 e. The third-order valence-corrected chi connectivity index (χ3v) is 1.91. The van der Waals surface area contributed by atoms with Crippen molar-refractivity contribution in [2.45, 2.75) is 24.6 Å². The number of ether oxygens (including phenoxy) is 2. The molecule has 0 unspecified atom stereocenters. The summed E-state index contributed by atoms with van der Waals surface area (Å²) in [6.07, 6.45) is -5.14. The van der Waals surface area contributed by atoms with E-state index in [2.05, 4.69) is 4.74 Å². The number of Topliss-reactive ketones (excluding diaryl/α,β-unsaturated/α-hetero) is 1. The molecule has 6 heteroatoms. The van der Waals surface area contributed by atoms with Crippen LogP contribution in [0.4, 0.5) is 0 Å². The van der Waals surface area contributed by atoms with Crippen LogP contribution in [0.3, 0.4) is 0 Å². The molecule has 0 aliphatic carbocycles. The van der Waals surface area contributed by atoms with Crippen LogP contribution in [0.25, 0.3) is 0 Å². The number of aliphatic hydroxyl groups is 3. The van der Waals surface area contributed by atoms with E-state index in [1.807, 2.05) is 0 Å². The van der Waals surface area contributed by atoms with E-state index >= 15 is 0 Å². The van der Waals surface area contributed by atoms with Crippen molar-refractivity contribution in [3.05, 3.63) is 0 Å². The summed E-state index contributed by atoms with van der Waals surface area (Å²) >= 11 is 0. The maximum atomic E-state index is 11.1. The van der Waals surface area contributed by atoms with Gasteiger partial charge in [-0.25, -0.2) is 0 Å². The lowest BCUT2D eigenvalue weighted by atomic mass is 10.0. The molecule has 0 aromatic rings. The van der Waals surface area contributed by atoms with E-state index in [0.29, 0.717) is 0 Å². The number of ketones is 1. The van der Waals surface area contributed by atoms with Gasteiger partial charge in [0, 0.05) is 7.11 Å². The second-order valence-corrected chi connectivity index (χ2v) is 2.75. The first kappa shape index (κ1) is 10.6. The fourth-order valence-electron chi connectivity index (χ4n) is 1.14. The molecule has 1 saturated heterocycles. The molecular formula is C7H12O6. The van der Waals surface area contributed by atoms with Gasteiger partial charge >= 0.3 is 0 Å². The molecule has 1 heterocycles. The first-order valence-corrected chi connectivity index (χ1v) is 3.80. The summed E-state index contributed by atoms with van der Waals surface area (Å²) in [4.78, 5) is 11.1. The van der Waals surface area contributed by atoms with Crippen molar-refractivity contribution >= 4 is 5.78 Å². The van der Waals surface area contributed by atoms with E-state index in [1.54, 1.807) is 0 Å². The summed E-state index contributed by atoms with van der Waals surface area (Å²) < 4.78 is 9.53. The maximum Gasteiger partial charge on any atom is 0.197 e. The maximum absolute atomic E-state index is 11.1. The number of carbonyl (C=O) groups excluding carboxylic acids is 1. The average Bonchev–Trinajstić information content (AvgIpc) is 2.15. The fraction of sp³-hybridized carbons (Fsp3) is 0.857. The molecule has 13 heavy (non-hydrogen) atoms. The number of hydrogen-bond acceptors (Lipinski definition) is 6. The van der Waals surface area contributed by atoms with E-state index in [1.165, 1.54) is 7.11 Å². The molecule has 1 aliphatic heterocycles. The van der Waals surface area contributed by atoms with E-state index in [-0.39, 0.29) is 0 Å². The van der Waals surface area contributed by atoms with Gasteiger partial charge in [0.2, 0.25) is 0 Å². The summed E-state index contributed by atoms with van der Waals surface area (Å²) in [5.41, 5.74) is 0. The minimum atomic E-state index is -1.50. The van der Waals surface area contributed by atoms with Crippen LogP contribution in [-0.4, -0.2) is 59.4 Å². The molecule has 76 valence electrons. The molecule has 1 fully saturated rings. The van der Waals surface area contributed by atoms with Gasteiger partial charge in [0.15, 0.2) is 18.2 Å². The molecule has 0 radical (unpaired) electrons. The van der Waals surface area contributed by atoms with Crippen molar-refractivity contribution in [2.24, 2.45) is 0 Å². The SMILES string of the molecule is CO[C@H]1O[C@H](CO)[C@@H](O)C(=O)[C@@H]1O. The number of hydrogen-bond donors (Lipinski definition) is 3. The molecule has 4 atom stereocenters. The van der Waals surface area contributed by atoms with E-state index in [4.69, 9.17) is 9.84 Å². The fourth-order valence-corrected chi connectivity index (χ4v) is 1.14. The Morgan fingerprint density at radius 3 is 2.54 bits per heavy atom. The second kappa shape index (κ2) is 4.12. The van der Waals surface area contributed by atoms with Gasteiger partial charge in [0.25, 0.3) is 0 Å². The van der Waals surface area contributed by atoms with Crippen molar-refractivity contribution in [1.29, 1.82) is 0 Å². The zero-order chi connectivity index (χ0) is 10.0. The van der Waals surface area contributed by atoms with Gasteiger partial charge in [0.1, 0.15) is 12.2 Å². The normalized spacial score (nSPS) is 40.8. The Bertz CT molecular complexity index is 175. The molecule has 0 saturated carbocycles. The van der Waals surface area contributed by atoms with Crippen molar-refractivity contribution in [2.75, 3.05) is 13.7 Å². The highest BCUT2D eigenvalue weighted by molar-refractivity contribution is 5.88. The summed E-state index contributed by atoms with van der Waals surface area (Å²) in [6, 6.07) is 0. The Kier molecular flexibility index (Phi) is 3.34. The van der Waals surface area contributed by atoms with Gasteiger partial charge in [-0.15, -0.1) is 0 Å². The van der Waals surface area contributed by atoms with Crippen LogP contribution in [-0.2, 0) is 14.3 Å². The molecule has 6 nitrogen and oxygen atoms in total. The molecule has 0 aromatic carbocycles. The Balaban J connectivity index is 2.72. The molecule has 0 spiro atoms. The van der Waals surface area contributed by atoms with Gasteiger partial charge in [0.05, 0.1) is 6.61 Å². The van der Waals surface area contributed by atoms with Crippen molar-refractivity contribution in [3.8, 4) is 0 Å². The van der Waals surface area contributed by atoms with Crippen LogP contribution >= 0.6 is 0 Å². The Morgan fingerprint density at radius 2 is 2.08 bits per heavy atom. The third-order valence-electron chi connectivity index (χ3n) is 1.91. The molecule has 3 N–H and O–H groups in total. The molecule has 0 aromatic heterocycles. The van der Waals surface area contributed by atoms with Crippen LogP contribution in [0.2, 0.25) is 0 Å². The number of aliphatic hydroxyl groups excluding tert-OH is 3. The predicted molar refractivity (Wildman–Crippen MR) is 39.8 cm³/mol. The average molecular weight is 192 g/mol. The highest BCUT2D eigenvalue weighted by atomic mass is 16.7. The lowest BCUT2D eigenvalue weighted by Gasteiger charge is -2.34. The van der Waals surface area contributed by atoms with Crippen LogP contribution < -0.4 is 0 Å².